The number of esters is 1. The lowest BCUT2D eigenvalue weighted by molar-refractivity contribution is -0.143. The Morgan fingerprint density at radius 3 is 2.82 bits per heavy atom. The minimum absolute atomic E-state index is 0.0547. The van der Waals surface area contributed by atoms with Crippen molar-refractivity contribution in [3.63, 3.8) is 0 Å². The normalized spacial score (nSPS) is 28.2. The zero-order valence-corrected chi connectivity index (χ0v) is 7.17. The third-order valence-corrected chi connectivity index (χ3v) is 1.87. The molecule has 0 aromatic rings. The van der Waals surface area contributed by atoms with E-state index in [1.54, 1.807) is 0 Å². The fourth-order valence-electron chi connectivity index (χ4n) is 0.893. The molecule has 11 heavy (non-hydrogen) atoms. The Bertz CT molecular complexity index is 147. The fraction of sp³-hybridized carbons (Fsp3) is 0.875. The summed E-state index contributed by atoms with van der Waals surface area (Å²) in [6.45, 7) is 3.53. The highest BCUT2D eigenvalue weighted by Crippen LogP contribution is 2.14. The van der Waals surface area contributed by atoms with Crippen molar-refractivity contribution in [3.05, 3.63) is 0 Å². The van der Waals surface area contributed by atoms with Crippen LogP contribution in [0, 0.1) is 0 Å². The Morgan fingerprint density at radius 2 is 2.36 bits per heavy atom. The van der Waals surface area contributed by atoms with Gasteiger partial charge < -0.3 is 4.74 Å². The molecule has 1 saturated heterocycles. The molecule has 0 spiro atoms. The summed E-state index contributed by atoms with van der Waals surface area (Å²) in [6.07, 6.45) is 2.05. The van der Waals surface area contributed by atoms with E-state index in [-0.39, 0.29) is 12.0 Å². The van der Waals surface area contributed by atoms with Gasteiger partial charge in [-0.2, -0.15) is 0 Å². The van der Waals surface area contributed by atoms with E-state index in [1.807, 2.05) is 11.9 Å². The molecule has 1 rings (SSSR count). The van der Waals surface area contributed by atoms with E-state index in [4.69, 9.17) is 4.74 Å². The van der Waals surface area contributed by atoms with Crippen molar-refractivity contribution in [1.29, 1.82) is 0 Å². The molecule has 1 heterocycles. The molecule has 0 N–H and O–H groups in total. The topological polar surface area (TPSA) is 29.3 Å². The molecule has 0 radical (unpaired) electrons. The zero-order chi connectivity index (χ0) is 8.27. The monoisotopic (exact) mass is 157 g/mol. The van der Waals surface area contributed by atoms with Crippen LogP contribution < -0.4 is 0 Å². The number of likely N-dealkylation sites (N-methyl/N-ethyl adjacent to an activating group) is 1. The maximum Gasteiger partial charge on any atom is 0.324 e. The van der Waals surface area contributed by atoms with Crippen molar-refractivity contribution in [2.45, 2.75) is 25.8 Å². The highest BCUT2D eigenvalue weighted by atomic mass is 16.5. The molecule has 0 saturated carbocycles. The third-order valence-electron chi connectivity index (χ3n) is 1.87. The second-order valence-electron chi connectivity index (χ2n) is 2.98. The Morgan fingerprint density at radius 1 is 1.73 bits per heavy atom. The average molecular weight is 157 g/mol. The Kier molecular flexibility index (Phi) is 2.88. The molecule has 0 aromatic carbocycles. The number of hydrogen-bond acceptors (Lipinski definition) is 3. The quantitative estimate of drug-likeness (QED) is 0.341. The van der Waals surface area contributed by atoms with Gasteiger partial charge in [0.25, 0.3) is 0 Å². The van der Waals surface area contributed by atoms with Gasteiger partial charge in [-0.15, -0.1) is 0 Å². The van der Waals surface area contributed by atoms with E-state index in [9.17, 15) is 4.79 Å². The first-order valence-corrected chi connectivity index (χ1v) is 4.12. The molecule has 1 fully saturated rings. The summed E-state index contributed by atoms with van der Waals surface area (Å²) in [5.74, 6) is -0.0547. The smallest absolute Gasteiger partial charge is 0.324 e. The molecule has 0 aliphatic carbocycles. The predicted molar refractivity (Wildman–Crippen MR) is 42.3 cm³/mol. The first-order valence-electron chi connectivity index (χ1n) is 4.12. The van der Waals surface area contributed by atoms with Crippen molar-refractivity contribution < 1.29 is 9.53 Å². The zero-order valence-electron chi connectivity index (χ0n) is 7.17. The fourth-order valence-corrected chi connectivity index (χ4v) is 0.893. The van der Waals surface area contributed by atoms with Crippen LogP contribution in [0.4, 0.5) is 0 Å². The van der Waals surface area contributed by atoms with Crippen LogP contribution in [0.2, 0.25) is 0 Å². The summed E-state index contributed by atoms with van der Waals surface area (Å²) >= 11 is 0. The SMILES string of the molecule is CCCCOC(=O)C1CN1C. The third kappa shape index (κ3) is 2.50. The summed E-state index contributed by atoms with van der Waals surface area (Å²) in [6, 6.07) is 0.0619. The Labute approximate surface area is 67.3 Å². The molecule has 0 aromatic heterocycles. The van der Waals surface area contributed by atoms with Crippen LogP contribution in [0.15, 0.2) is 0 Å². The van der Waals surface area contributed by atoms with Crippen molar-refractivity contribution in [1.82, 2.24) is 4.90 Å². The van der Waals surface area contributed by atoms with Crippen LogP contribution in [0.3, 0.4) is 0 Å². The van der Waals surface area contributed by atoms with Crippen molar-refractivity contribution >= 4 is 5.97 Å². The molecule has 1 aliphatic rings. The van der Waals surface area contributed by atoms with Crippen LogP contribution in [-0.4, -0.2) is 37.1 Å². The van der Waals surface area contributed by atoms with Crippen molar-refractivity contribution in [3.8, 4) is 0 Å². The molecule has 3 heteroatoms. The van der Waals surface area contributed by atoms with E-state index in [2.05, 4.69) is 6.92 Å². The van der Waals surface area contributed by atoms with Crippen LogP contribution in [0.1, 0.15) is 19.8 Å². The van der Waals surface area contributed by atoms with E-state index in [0.29, 0.717) is 6.61 Å². The van der Waals surface area contributed by atoms with Gasteiger partial charge in [0.2, 0.25) is 0 Å². The number of ether oxygens (including phenoxy) is 1. The Balaban J connectivity index is 2.03. The van der Waals surface area contributed by atoms with Gasteiger partial charge in [0.15, 0.2) is 0 Å². The molecule has 3 nitrogen and oxygen atoms in total. The maximum absolute atomic E-state index is 11.0. The van der Waals surface area contributed by atoms with Crippen LogP contribution >= 0.6 is 0 Å². The van der Waals surface area contributed by atoms with Gasteiger partial charge in [0.1, 0.15) is 6.04 Å². The van der Waals surface area contributed by atoms with Crippen molar-refractivity contribution in [2.24, 2.45) is 0 Å². The maximum atomic E-state index is 11.0. The highest BCUT2D eigenvalue weighted by molar-refractivity contribution is 5.78. The predicted octanol–water partition coefficient (Wildman–Crippen LogP) is 0.644. The summed E-state index contributed by atoms with van der Waals surface area (Å²) < 4.78 is 5.00. The lowest BCUT2D eigenvalue weighted by Gasteiger charge is -2.01. The van der Waals surface area contributed by atoms with Crippen LogP contribution in [0.5, 0.6) is 0 Å². The number of rotatable bonds is 4. The van der Waals surface area contributed by atoms with Gasteiger partial charge in [0, 0.05) is 6.54 Å². The lowest BCUT2D eigenvalue weighted by Crippen LogP contribution is -2.15. The molecule has 2 unspecified atom stereocenters. The second-order valence-corrected chi connectivity index (χ2v) is 2.98. The number of unbranched alkanes of at least 4 members (excludes halogenated alkanes) is 1. The summed E-state index contributed by atoms with van der Waals surface area (Å²) in [5, 5.41) is 0. The molecule has 1 aliphatic heterocycles. The minimum atomic E-state index is -0.0547. The molecular formula is C8H15NO2. The van der Waals surface area contributed by atoms with Gasteiger partial charge in [-0.1, -0.05) is 13.3 Å². The molecule has 2 atom stereocenters. The average Bonchev–Trinajstić information content (AvgIpc) is 2.67. The summed E-state index contributed by atoms with van der Waals surface area (Å²) in [5.41, 5.74) is 0. The van der Waals surface area contributed by atoms with Gasteiger partial charge in [-0.3, -0.25) is 9.69 Å². The van der Waals surface area contributed by atoms with Crippen LogP contribution in [0.25, 0.3) is 0 Å². The number of nitrogens with zero attached hydrogens (tertiary/aromatic N) is 1. The summed E-state index contributed by atoms with van der Waals surface area (Å²) in [7, 11) is 1.92. The van der Waals surface area contributed by atoms with Gasteiger partial charge >= 0.3 is 5.97 Å². The van der Waals surface area contributed by atoms with E-state index < -0.39 is 0 Å². The van der Waals surface area contributed by atoms with Gasteiger partial charge in [-0.25, -0.2) is 0 Å². The van der Waals surface area contributed by atoms with E-state index in [1.165, 1.54) is 0 Å². The minimum Gasteiger partial charge on any atom is -0.464 e. The highest BCUT2D eigenvalue weighted by Gasteiger charge is 2.38. The van der Waals surface area contributed by atoms with Crippen LogP contribution in [-0.2, 0) is 9.53 Å². The second kappa shape index (κ2) is 3.72. The largest absolute Gasteiger partial charge is 0.464 e. The molecule has 0 amide bonds. The van der Waals surface area contributed by atoms with E-state index >= 15 is 0 Å². The van der Waals surface area contributed by atoms with Gasteiger partial charge in [0.05, 0.1) is 6.61 Å². The number of hydrogen-bond donors (Lipinski definition) is 0. The molecular weight excluding hydrogens is 142 g/mol. The van der Waals surface area contributed by atoms with E-state index in [0.717, 1.165) is 19.4 Å². The molecule has 64 valence electrons. The number of carbonyl (C=O) groups is 1. The molecule has 0 bridgehead atoms. The van der Waals surface area contributed by atoms with Gasteiger partial charge in [-0.05, 0) is 13.5 Å². The Hall–Kier alpha value is -0.570. The summed E-state index contributed by atoms with van der Waals surface area (Å²) in [4.78, 5) is 13.0. The lowest BCUT2D eigenvalue weighted by atomic mass is 10.4. The standard InChI is InChI=1S/C8H15NO2/c1-3-4-5-11-8(10)7-6-9(7)2/h7H,3-6H2,1-2H3. The first kappa shape index (κ1) is 8.53. The number of carbonyl (C=O) groups excluding carboxylic acids is 1. The van der Waals surface area contributed by atoms with Crippen molar-refractivity contribution in [2.75, 3.05) is 20.2 Å². The first-order chi connectivity index (χ1) is 5.25.